The summed E-state index contributed by atoms with van der Waals surface area (Å²) in [5.74, 6) is 1.93. The zero-order valence-electron chi connectivity index (χ0n) is 31.4. The van der Waals surface area contributed by atoms with Crippen molar-refractivity contribution < 1.29 is 0 Å². The second-order valence-electron chi connectivity index (χ2n) is 15.2. The van der Waals surface area contributed by atoms with E-state index < -0.39 is 0 Å². The molecule has 0 spiro atoms. The van der Waals surface area contributed by atoms with Crippen LogP contribution in [0.1, 0.15) is 0 Å². The highest BCUT2D eigenvalue weighted by atomic mass is 32.1. The first-order valence-electron chi connectivity index (χ1n) is 19.8. The van der Waals surface area contributed by atoms with Crippen molar-refractivity contribution in [2.45, 2.75) is 0 Å². The smallest absolute Gasteiger partial charge is 0.164 e. The van der Waals surface area contributed by atoms with E-state index in [0.29, 0.717) is 17.5 Å². The zero-order chi connectivity index (χ0) is 38.6. The Balaban J connectivity index is 1.11. The van der Waals surface area contributed by atoms with E-state index in [-0.39, 0.29) is 0 Å². The van der Waals surface area contributed by atoms with Gasteiger partial charge in [0.1, 0.15) is 0 Å². The molecular formula is C53H30N4S2. The summed E-state index contributed by atoms with van der Waals surface area (Å²) in [6.07, 6.45) is 0. The average molecular weight is 787 g/mol. The van der Waals surface area contributed by atoms with E-state index in [9.17, 15) is 0 Å². The highest BCUT2D eigenvalue weighted by molar-refractivity contribution is 7.26. The van der Waals surface area contributed by atoms with Gasteiger partial charge >= 0.3 is 0 Å². The lowest BCUT2D eigenvalue weighted by molar-refractivity contribution is 1.07. The maximum Gasteiger partial charge on any atom is 0.164 e. The summed E-state index contributed by atoms with van der Waals surface area (Å²) in [7, 11) is 0. The molecule has 0 N–H and O–H groups in total. The van der Waals surface area contributed by atoms with Crippen LogP contribution in [0.15, 0.2) is 182 Å². The molecule has 0 aliphatic rings. The van der Waals surface area contributed by atoms with Crippen LogP contribution in [0.5, 0.6) is 0 Å². The van der Waals surface area contributed by atoms with Gasteiger partial charge in [-0.15, -0.1) is 22.7 Å². The number of nitrogens with zero attached hydrogens (tertiary/aromatic N) is 4. The van der Waals surface area contributed by atoms with E-state index in [1.807, 2.05) is 22.7 Å². The number of rotatable bonds is 4. The summed E-state index contributed by atoms with van der Waals surface area (Å²) in [6.45, 7) is 0. The van der Waals surface area contributed by atoms with Crippen LogP contribution < -0.4 is 0 Å². The highest BCUT2D eigenvalue weighted by Gasteiger charge is 2.21. The van der Waals surface area contributed by atoms with Crippen molar-refractivity contribution in [3.63, 3.8) is 0 Å². The van der Waals surface area contributed by atoms with Gasteiger partial charge in [-0.25, -0.2) is 15.0 Å². The molecule has 4 heterocycles. The first-order chi connectivity index (χ1) is 29.2. The third-order valence-electron chi connectivity index (χ3n) is 11.8. The van der Waals surface area contributed by atoms with Gasteiger partial charge in [0.2, 0.25) is 0 Å². The Bertz CT molecular complexity index is 3870. The molecule has 4 nitrogen and oxygen atoms in total. The maximum absolute atomic E-state index is 5.36. The Morgan fingerprint density at radius 2 is 0.881 bits per heavy atom. The standard InChI is InChI=1S/C53H30N4S2/c1-2-12-32-25-35(22-21-31(32)11-1)51-54-52(36-23-24-48-42(27-36)39-16-6-9-19-46(39)58-48)56-53(55-51)37-29-45(50-40-17-7-10-20-47(40)59-49(50)30-37)57-43-18-8-5-15-38(43)41-26-33-13-3-4-14-34(33)28-44(41)57/h1-30H. The van der Waals surface area contributed by atoms with Crippen molar-refractivity contribution in [1.82, 2.24) is 19.5 Å². The van der Waals surface area contributed by atoms with Crippen LogP contribution in [-0.4, -0.2) is 19.5 Å². The molecule has 9 aromatic carbocycles. The topological polar surface area (TPSA) is 43.6 Å². The van der Waals surface area contributed by atoms with Crippen LogP contribution in [0, 0.1) is 0 Å². The number of aromatic nitrogens is 4. The van der Waals surface area contributed by atoms with E-state index >= 15 is 0 Å². The van der Waals surface area contributed by atoms with E-state index in [2.05, 4.69) is 187 Å². The molecule has 0 fully saturated rings. The summed E-state index contributed by atoms with van der Waals surface area (Å²) in [5.41, 5.74) is 6.30. The largest absolute Gasteiger partial charge is 0.309 e. The lowest BCUT2D eigenvalue weighted by Gasteiger charge is -2.14. The van der Waals surface area contributed by atoms with E-state index in [1.165, 1.54) is 72.8 Å². The van der Waals surface area contributed by atoms with Gasteiger partial charge in [0.15, 0.2) is 17.5 Å². The third kappa shape index (κ3) is 5.10. The van der Waals surface area contributed by atoms with Gasteiger partial charge in [0.25, 0.3) is 0 Å². The van der Waals surface area contributed by atoms with E-state index in [0.717, 1.165) is 33.3 Å². The fourth-order valence-electron chi connectivity index (χ4n) is 9.01. The molecule has 13 aromatic rings. The van der Waals surface area contributed by atoms with Crippen LogP contribution in [0.4, 0.5) is 0 Å². The van der Waals surface area contributed by atoms with Crippen molar-refractivity contribution in [3.05, 3.63) is 182 Å². The summed E-state index contributed by atoms with van der Waals surface area (Å²) in [4.78, 5) is 15.9. The first kappa shape index (κ1) is 32.8. The van der Waals surface area contributed by atoms with Crippen molar-refractivity contribution in [1.29, 1.82) is 0 Å². The Hall–Kier alpha value is -7.25. The molecule has 274 valence electrons. The average Bonchev–Trinajstić information content (AvgIpc) is 3.96. The molecule has 0 radical (unpaired) electrons. The quantitative estimate of drug-likeness (QED) is 0.178. The molecule has 13 rings (SSSR count). The van der Waals surface area contributed by atoms with Crippen molar-refractivity contribution in [2.24, 2.45) is 0 Å². The van der Waals surface area contributed by atoms with Crippen molar-refractivity contribution in [3.8, 4) is 39.9 Å². The van der Waals surface area contributed by atoms with Gasteiger partial charge in [0, 0.05) is 67.8 Å². The predicted octanol–water partition coefficient (Wildman–Crippen LogP) is 15.0. The molecule has 0 amide bonds. The number of thiophene rings is 2. The normalized spacial score (nSPS) is 12.1. The summed E-state index contributed by atoms with van der Waals surface area (Å²) >= 11 is 3.64. The Morgan fingerprint density at radius 1 is 0.322 bits per heavy atom. The molecule has 0 aliphatic heterocycles. The second kappa shape index (κ2) is 12.6. The van der Waals surface area contributed by atoms with Gasteiger partial charge in [-0.1, -0.05) is 115 Å². The molecule has 6 heteroatoms. The molecule has 4 aromatic heterocycles. The number of benzene rings is 9. The summed E-state index contributed by atoms with van der Waals surface area (Å²) in [6, 6.07) is 65.6. The molecule has 0 saturated carbocycles. The fraction of sp³-hybridized carbons (Fsp3) is 0. The van der Waals surface area contributed by atoms with Crippen molar-refractivity contribution in [2.75, 3.05) is 0 Å². The lowest BCUT2D eigenvalue weighted by atomic mass is 10.0. The number of hydrogen-bond donors (Lipinski definition) is 0. The first-order valence-corrected chi connectivity index (χ1v) is 21.4. The summed E-state index contributed by atoms with van der Waals surface area (Å²) < 4.78 is 7.42. The van der Waals surface area contributed by atoms with Gasteiger partial charge < -0.3 is 4.57 Å². The van der Waals surface area contributed by atoms with Crippen LogP contribution >= 0.6 is 22.7 Å². The highest BCUT2D eigenvalue weighted by Crippen LogP contribution is 2.44. The van der Waals surface area contributed by atoms with Gasteiger partial charge in [-0.05, 0) is 88.3 Å². The minimum absolute atomic E-state index is 0.639. The fourth-order valence-corrected chi connectivity index (χ4v) is 11.3. The molecule has 59 heavy (non-hydrogen) atoms. The van der Waals surface area contributed by atoms with Crippen LogP contribution in [0.3, 0.4) is 0 Å². The lowest BCUT2D eigenvalue weighted by Crippen LogP contribution is -2.01. The Labute approximate surface area is 345 Å². The Morgan fingerprint density at radius 3 is 1.68 bits per heavy atom. The minimum atomic E-state index is 0.639. The molecule has 0 atom stereocenters. The zero-order valence-corrected chi connectivity index (χ0v) is 33.1. The van der Waals surface area contributed by atoms with Crippen molar-refractivity contribution >= 4 is 106 Å². The second-order valence-corrected chi connectivity index (χ2v) is 17.4. The van der Waals surface area contributed by atoms with Gasteiger partial charge in [-0.3, -0.25) is 0 Å². The number of fused-ring (bicyclic) bond motifs is 11. The third-order valence-corrected chi connectivity index (χ3v) is 14.0. The number of hydrogen-bond acceptors (Lipinski definition) is 5. The SMILES string of the molecule is c1ccc2cc(-c3nc(-c4cc(-n5c6ccccc6c6cc7ccccc7cc65)c5c(c4)sc4ccccc45)nc(-c4ccc5sc6ccccc6c5c4)n3)ccc2c1. The molecule has 0 unspecified atom stereocenters. The maximum atomic E-state index is 5.36. The van der Waals surface area contributed by atoms with Crippen LogP contribution in [0.2, 0.25) is 0 Å². The molecular weight excluding hydrogens is 757 g/mol. The molecule has 0 aliphatic carbocycles. The van der Waals surface area contributed by atoms with Gasteiger partial charge in [-0.2, -0.15) is 0 Å². The molecule has 0 saturated heterocycles. The number of para-hydroxylation sites is 1. The van der Waals surface area contributed by atoms with Crippen LogP contribution in [-0.2, 0) is 0 Å². The monoisotopic (exact) mass is 786 g/mol. The molecule has 0 bridgehead atoms. The van der Waals surface area contributed by atoms with E-state index in [1.54, 1.807) is 0 Å². The van der Waals surface area contributed by atoms with Crippen LogP contribution in [0.25, 0.3) is 124 Å². The van der Waals surface area contributed by atoms with Gasteiger partial charge in [0.05, 0.1) is 16.7 Å². The summed E-state index contributed by atoms with van der Waals surface area (Å²) in [5, 5.41) is 12.2. The predicted molar refractivity (Wildman–Crippen MR) is 251 cm³/mol. The minimum Gasteiger partial charge on any atom is -0.309 e. The Kier molecular flexibility index (Phi) is 7.02. The van der Waals surface area contributed by atoms with E-state index in [4.69, 9.17) is 15.0 Å².